The summed E-state index contributed by atoms with van der Waals surface area (Å²) in [6.07, 6.45) is 7.03. The molecule has 1 N–H and O–H groups in total. The predicted octanol–water partition coefficient (Wildman–Crippen LogP) is 3.84. The van der Waals surface area contributed by atoms with Crippen molar-refractivity contribution in [2.75, 3.05) is 27.8 Å². The largest absolute Gasteiger partial charge is 0.493 e. The first kappa shape index (κ1) is 22.8. The summed E-state index contributed by atoms with van der Waals surface area (Å²) in [6.45, 7) is 3.14. The molecule has 6 nitrogen and oxygen atoms in total. The van der Waals surface area contributed by atoms with Gasteiger partial charge >= 0.3 is 0 Å². The lowest BCUT2D eigenvalue weighted by Crippen LogP contribution is -2.80. The van der Waals surface area contributed by atoms with Crippen LogP contribution in [0.2, 0.25) is 0 Å². The van der Waals surface area contributed by atoms with Crippen molar-refractivity contribution >= 4 is 0 Å². The number of nitrogens with zero attached hydrogens (tertiary/aromatic N) is 1. The standard InChI is InChI=1S/C30H35NO5/c1-27(32,35-18-19-8-6-5-7-9-19)22-17-28-12-13-30(22,34-4)26-29(28)14-15-31(2)23(28)16-20-10-11-21(33-3)25(36-26)24(20)29/h5-13,22-23,26,32H,14-18H2,1-4H3/t22-,23-,26-,27-,28+,29+,30?/m1/s1. The monoisotopic (exact) mass is 489 g/mol. The first-order chi connectivity index (χ1) is 17.3. The van der Waals surface area contributed by atoms with E-state index in [1.807, 2.05) is 36.4 Å². The summed E-state index contributed by atoms with van der Waals surface area (Å²) >= 11 is 0. The maximum absolute atomic E-state index is 12.0. The zero-order valence-corrected chi connectivity index (χ0v) is 21.5. The molecule has 2 aliphatic heterocycles. The lowest BCUT2D eigenvalue weighted by atomic mass is 9.36. The topological polar surface area (TPSA) is 60.4 Å². The summed E-state index contributed by atoms with van der Waals surface area (Å²) in [6, 6.07) is 14.6. The molecule has 1 saturated carbocycles. The Morgan fingerprint density at radius 2 is 1.94 bits per heavy atom. The van der Waals surface area contributed by atoms with Crippen LogP contribution in [0.4, 0.5) is 0 Å². The van der Waals surface area contributed by atoms with Crippen molar-refractivity contribution in [2.45, 2.75) is 61.7 Å². The Balaban J connectivity index is 1.39. The minimum atomic E-state index is -1.42. The quantitative estimate of drug-likeness (QED) is 0.492. The summed E-state index contributed by atoms with van der Waals surface area (Å²) < 4.78 is 25.5. The molecule has 4 bridgehead atoms. The van der Waals surface area contributed by atoms with E-state index in [1.165, 1.54) is 11.1 Å². The molecule has 0 amide bonds. The van der Waals surface area contributed by atoms with Gasteiger partial charge in [0.15, 0.2) is 17.3 Å². The summed E-state index contributed by atoms with van der Waals surface area (Å²) in [5.41, 5.74) is 2.44. The van der Waals surface area contributed by atoms with Crippen LogP contribution in [-0.2, 0) is 27.9 Å². The zero-order valence-electron chi connectivity index (χ0n) is 21.5. The maximum Gasteiger partial charge on any atom is 0.169 e. The van der Waals surface area contributed by atoms with E-state index in [0.29, 0.717) is 12.6 Å². The van der Waals surface area contributed by atoms with Crippen molar-refractivity contribution in [3.63, 3.8) is 0 Å². The van der Waals surface area contributed by atoms with Gasteiger partial charge in [0.1, 0.15) is 11.7 Å². The maximum atomic E-state index is 12.0. The second-order valence-corrected chi connectivity index (χ2v) is 11.6. The van der Waals surface area contributed by atoms with Crippen LogP contribution in [0, 0.1) is 11.3 Å². The molecule has 1 saturated heterocycles. The van der Waals surface area contributed by atoms with Gasteiger partial charge in [-0.1, -0.05) is 48.6 Å². The minimum absolute atomic E-state index is 0.194. The predicted molar refractivity (Wildman–Crippen MR) is 135 cm³/mol. The number of likely N-dealkylation sites (N-methyl/N-ethyl adjacent to an activating group) is 1. The van der Waals surface area contributed by atoms with Crippen molar-refractivity contribution in [1.29, 1.82) is 0 Å². The van der Waals surface area contributed by atoms with Crippen LogP contribution in [-0.4, -0.2) is 61.4 Å². The molecular weight excluding hydrogens is 454 g/mol. The second kappa shape index (κ2) is 7.35. The van der Waals surface area contributed by atoms with Gasteiger partial charge in [0.2, 0.25) is 0 Å². The van der Waals surface area contributed by atoms with Gasteiger partial charge in [-0.3, -0.25) is 0 Å². The number of aliphatic hydroxyl groups is 1. The molecule has 6 heteroatoms. The van der Waals surface area contributed by atoms with E-state index in [1.54, 1.807) is 21.1 Å². The zero-order chi connectivity index (χ0) is 24.9. The lowest BCUT2D eigenvalue weighted by molar-refractivity contribution is -0.312. The highest BCUT2D eigenvalue weighted by atomic mass is 16.6. The van der Waals surface area contributed by atoms with Crippen LogP contribution >= 0.6 is 0 Å². The molecular formula is C30H35NO5. The Hall–Kier alpha value is -2.38. The van der Waals surface area contributed by atoms with Crippen molar-refractivity contribution < 1.29 is 24.1 Å². The Morgan fingerprint density at radius 1 is 1.14 bits per heavy atom. The van der Waals surface area contributed by atoms with Crippen LogP contribution in [0.3, 0.4) is 0 Å². The SMILES string of the molecule is COc1ccc2c3c1O[C@H]1C4(OC)C=C[C@]5(C[C@@H]4[C@](C)(O)OCc4ccccc4)[C@@H](C2)N(C)CC[C@]315. The van der Waals surface area contributed by atoms with Gasteiger partial charge in [0.05, 0.1) is 19.1 Å². The average Bonchev–Trinajstić information content (AvgIpc) is 3.27. The number of piperidine rings is 1. The molecule has 0 radical (unpaired) electrons. The molecule has 2 aromatic carbocycles. The van der Waals surface area contributed by atoms with Gasteiger partial charge in [0.25, 0.3) is 0 Å². The van der Waals surface area contributed by atoms with E-state index in [9.17, 15) is 5.11 Å². The average molecular weight is 490 g/mol. The van der Waals surface area contributed by atoms with Crippen LogP contribution in [0.5, 0.6) is 11.5 Å². The van der Waals surface area contributed by atoms with Gasteiger partial charge in [-0.25, -0.2) is 0 Å². The highest BCUT2D eigenvalue weighted by Crippen LogP contribution is 2.75. The van der Waals surface area contributed by atoms with Crippen molar-refractivity contribution in [3.05, 3.63) is 71.3 Å². The number of ether oxygens (including phenoxy) is 4. The third-order valence-electron chi connectivity index (χ3n) is 10.3. The fourth-order valence-corrected chi connectivity index (χ4v) is 8.72. The highest BCUT2D eigenvalue weighted by molar-refractivity contribution is 5.65. The number of benzene rings is 2. The summed E-state index contributed by atoms with van der Waals surface area (Å²) in [5.74, 6) is -0.0827. The molecule has 6 aliphatic rings. The summed E-state index contributed by atoms with van der Waals surface area (Å²) in [7, 11) is 5.70. The normalized spacial score (nSPS) is 38.9. The lowest BCUT2D eigenvalue weighted by Gasteiger charge is -2.72. The summed E-state index contributed by atoms with van der Waals surface area (Å²) in [4.78, 5) is 2.51. The van der Waals surface area contributed by atoms with Gasteiger partial charge in [0, 0.05) is 30.0 Å². The van der Waals surface area contributed by atoms with Gasteiger partial charge in [-0.15, -0.1) is 0 Å². The Kier molecular flexibility index (Phi) is 4.65. The fourth-order valence-electron chi connectivity index (χ4n) is 8.72. The summed E-state index contributed by atoms with van der Waals surface area (Å²) in [5, 5.41) is 12.0. The number of methoxy groups -OCH3 is 2. The third-order valence-corrected chi connectivity index (χ3v) is 10.3. The molecule has 36 heavy (non-hydrogen) atoms. The molecule has 8 rings (SSSR count). The second-order valence-electron chi connectivity index (χ2n) is 11.6. The molecule has 7 atom stereocenters. The number of hydrogen-bond acceptors (Lipinski definition) is 6. The Morgan fingerprint density at radius 3 is 2.69 bits per heavy atom. The van der Waals surface area contributed by atoms with Crippen molar-refractivity contribution in [3.8, 4) is 11.5 Å². The number of fused-ring (bicyclic) bond motifs is 1. The van der Waals surface area contributed by atoms with Gasteiger partial charge < -0.3 is 29.0 Å². The third kappa shape index (κ3) is 2.51. The molecule has 2 fully saturated rings. The van der Waals surface area contributed by atoms with Gasteiger partial charge in [-0.05, 0) is 57.0 Å². The van der Waals surface area contributed by atoms with E-state index in [0.717, 1.165) is 42.9 Å². The van der Waals surface area contributed by atoms with E-state index < -0.39 is 11.4 Å². The molecule has 2 aromatic rings. The van der Waals surface area contributed by atoms with Crippen molar-refractivity contribution in [2.24, 2.45) is 11.3 Å². The van der Waals surface area contributed by atoms with E-state index in [-0.39, 0.29) is 22.9 Å². The molecule has 2 heterocycles. The highest BCUT2D eigenvalue weighted by Gasteiger charge is 2.80. The molecule has 4 aliphatic carbocycles. The Bertz CT molecular complexity index is 1240. The fraction of sp³-hybridized carbons (Fsp3) is 0.533. The van der Waals surface area contributed by atoms with Gasteiger partial charge in [-0.2, -0.15) is 0 Å². The smallest absolute Gasteiger partial charge is 0.169 e. The molecule has 2 spiro atoms. The molecule has 0 aromatic heterocycles. The van der Waals surface area contributed by atoms with Crippen LogP contribution in [0.1, 0.15) is 36.5 Å². The number of rotatable bonds is 6. The van der Waals surface area contributed by atoms with Crippen LogP contribution in [0.15, 0.2) is 54.6 Å². The van der Waals surface area contributed by atoms with E-state index in [2.05, 4.69) is 30.2 Å². The van der Waals surface area contributed by atoms with Crippen LogP contribution < -0.4 is 9.47 Å². The van der Waals surface area contributed by atoms with E-state index >= 15 is 0 Å². The van der Waals surface area contributed by atoms with Crippen molar-refractivity contribution in [1.82, 2.24) is 4.90 Å². The van der Waals surface area contributed by atoms with Crippen LogP contribution in [0.25, 0.3) is 0 Å². The minimum Gasteiger partial charge on any atom is -0.493 e. The Labute approximate surface area is 212 Å². The first-order valence-electron chi connectivity index (χ1n) is 13.1. The number of hydrogen-bond donors (Lipinski definition) is 1. The number of likely N-dealkylation sites (tertiary alicyclic amines) is 1. The van der Waals surface area contributed by atoms with E-state index in [4.69, 9.17) is 18.9 Å². The molecule has 1 unspecified atom stereocenters. The first-order valence-corrected chi connectivity index (χ1v) is 13.1. The molecule has 190 valence electrons.